The number of benzene rings is 1. The Morgan fingerprint density at radius 2 is 1.81 bits per heavy atom. The molecular formula is C20H27BrFNO2S. The van der Waals surface area contributed by atoms with Gasteiger partial charge in [0, 0.05) is 28.0 Å². The van der Waals surface area contributed by atoms with Crippen LogP contribution in [-0.2, 0) is 23.2 Å². The first-order chi connectivity index (χ1) is 12.2. The first-order valence-corrected chi connectivity index (χ1v) is 10.2. The van der Waals surface area contributed by atoms with Crippen molar-refractivity contribution in [2.24, 2.45) is 0 Å². The quantitative estimate of drug-likeness (QED) is 0.571. The summed E-state index contributed by atoms with van der Waals surface area (Å²) in [6, 6.07) is 7.02. The third kappa shape index (κ3) is 6.18. The molecule has 6 heteroatoms. The van der Waals surface area contributed by atoms with Crippen LogP contribution in [0.4, 0.5) is 4.39 Å². The molecule has 1 aromatic heterocycles. The number of esters is 1. The lowest BCUT2D eigenvalue weighted by Gasteiger charge is -2.15. The third-order valence-corrected chi connectivity index (χ3v) is 5.64. The number of hydrogen-bond acceptors (Lipinski definition) is 4. The predicted octanol–water partition coefficient (Wildman–Crippen LogP) is 6.05. The second kappa shape index (κ2) is 10.2. The molecule has 26 heavy (non-hydrogen) atoms. The van der Waals surface area contributed by atoms with Gasteiger partial charge in [0.2, 0.25) is 0 Å². The Morgan fingerprint density at radius 1 is 1.19 bits per heavy atom. The van der Waals surface area contributed by atoms with Crippen molar-refractivity contribution in [1.29, 1.82) is 0 Å². The molecule has 0 aliphatic rings. The van der Waals surface area contributed by atoms with E-state index in [0.29, 0.717) is 28.0 Å². The van der Waals surface area contributed by atoms with E-state index >= 15 is 0 Å². The highest BCUT2D eigenvalue weighted by atomic mass is 79.9. The van der Waals surface area contributed by atoms with E-state index in [4.69, 9.17) is 4.74 Å². The maximum Gasteiger partial charge on any atom is 0.348 e. The van der Waals surface area contributed by atoms with Crippen molar-refractivity contribution in [2.75, 3.05) is 7.11 Å². The van der Waals surface area contributed by atoms with Crippen molar-refractivity contribution in [3.8, 4) is 0 Å². The van der Waals surface area contributed by atoms with Crippen LogP contribution in [0.15, 0.2) is 28.7 Å². The zero-order chi connectivity index (χ0) is 19.9. The minimum atomic E-state index is -0.331. The number of ether oxygens (including phenoxy) is 1. The molecule has 1 aromatic carbocycles. The van der Waals surface area contributed by atoms with E-state index in [1.165, 1.54) is 24.5 Å². The normalized spacial score (nSPS) is 10.9. The molecule has 0 saturated carbocycles. The molecule has 144 valence electrons. The molecule has 0 bridgehead atoms. The Hall–Kier alpha value is -1.24. The fourth-order valence-corrected chi connectivity index (χ4v) is 3.68. The van der Waals surface area contributed by atoms with Gasteiger partial charge in [-0.2, -0.15) is 0 Å². The van der Waals surface area contributed by atoms with Crippen LogP contribution in [0.2, 0.25) is 0 Å². The van der Waals surface area contributed by atoms with Gasteiger partial charge in [0.1, 0.15) is 10.7 Å². The van der Waals surface area contributed by atoms with Crippen LogP contribution in [0.1, 0.15) is 60.3 Å². The lowest BCUT2D eigenvalue weighted by atomic mass is 9.94. The standard InChI is InChI=1S/C18H21BrFNO2S.C2H6/c1-18(2,3)15-7-12(16(24-15)17(22)23-4)10-21-9-11-5-6-13(19)8-14(11)20;1-2/h5-8,21H,9-10H2,1-4H3;1-2H3. The molecule has 0 radical (unpaired) electrons. The second-order valence-corrected chi connectivity index (χ2v) is 8.51. The van der Waals surface area contributed by atoms with Gasteiger partial charge in [0.25, 0.3) is 0 Å². The fraction of sp³-hybridized carbons (Fsp3) is 0.450. The van der Waals surface area contributed by atoms with Gasteiger partial charge in [-0.3, -0.25) is 0 Å². The highest BCUT2D eigenvalue weighted by molar-refractivity contribution is 9.10. The van der Waals surface area contributed by atoms with E-state index in [0.717, 1.165) is 10.4 Å². The monoisotopic (exact) mass is 443 g/mol. The van der Waals surface area contributed by atoms with E-state index in [-0.39, 0.29) is 17.2 Å². The average Bonchev–Trinajstić information content (AvgIpc) is 3.02. The number of carbonyl (C=O) groups is 1. The van der Waals surface area contributed by atoms with Crippen molar-refractivity contribution >= 4 is 33.2 Å². The first-order valence-electron chi connectivity index (χ1n) is 8.58. The molecule has 0 aliphatic carbocycles. The maximum absolute atomic E-state index is 13.9. The van der Waals surface area contributed by atoms with Crippen LogP contribution < -0.4 is 5.32 Å². The summed E-state index contributed by atoms with van der Waals surface area (Å²) >= 11 is 4.70. The maximum atomic E-state index is 13.9. The van der Waals surface area contributed by atoms with Crippen molar-refractivity contribution in [2.45, 2.75) is 53.1 Å². The van der Waals surface area contributed by atoms with Crippen LogP contribution >= 0.6 is 27.3 Å². The van der Waals surface area contributed by atoms with Crippen molar-refractivity contribution < 1.29 is 13.9 Å². The SMILES string of the molecule is CC.COC(=O)c1sc(C(C)(C)C)cc1CNCc1ccc(Br)cc1F. The number of hydrogen-bond donors (Lipinski definition) is 1. The van der Waals surface area contributed by atoms with Gasteiger partial charge in [-0.05, 0) is 29.2 Å². The molecule has 0 atom stereocenters. The van der Waals surface area contributed by atoms with Gasteiger partial charge in [-0.25, -0.2) is 9.18 Å². The van der Waals surface area contributed by atoms with Crippen molar-refractivity contribution in [1.82, 2.24) is 5.32 Å². The molecule has 0 amide bonds. The number of carbonyl (C=O) groups excluding carboxylic acids is 1. The molecule has 3 nitrogen and oxygen atoms in total. The summed E-state index contributed by atoms with van der Waals surface area (Å²) < 4.78 is 19.4. The smallest absolute Gasteiger partial charge is 0.348 e. The van der Waals surface area contributed by atoms with Crippen molar-refractivity contribution in [3.63, 3.8) is 0 Å². The summed E-state index contributed by atoms with van der Waals surface area (Å²) in [6.07, 6.45) is 0. The summed E-state index contributed by atoms with van der Waals surface area (Å²) in [5, 5.41) is 3.21. The minimum absolute atomic E-state index is 0.0382. The van der Waals surface area contributed by atoms with E-state index in [2.05, 4.69) is 42.0 Å². The zero-order valence-electron chi connectivity index (χ0n) is 16.2. The molecule has 1 N–H and O–H groups in total. The van der Waals surface area contributed by atoms with Crippen LogP contribution in [-0.4, -0.2) is 13.1 Å². The highest BCUT2D eigenvalue weighted by Crippen LogP contribution is 2.33. The van der Waals surface area contributed by atoms with E-state index in [1.807, 2.05) is 26.0 Å². The Kier molecular flexibility index (Phi) is 8.93. The Morgan fingerprint density at radius 3 is 2.35 bits per heavy atom. The largest absolute Gasteiger partial charge is 0.465 e. The molecule has 2 aromatic rings. The van der Waals surface area contributed by atoms with Gasteiger partial charge < -0.3 is 10.1 Å². The molecule has 1 heterocycles. The van der Waals surface area contributed by atoms with E-state index in [1.54, 1.807) is 6.07 Å². The minimum Gasteiger partial charge on any atom is -0.465 e. The average molecular weight is 444 g/mol. The lowest BCUT2D eigenvalue weighted by Crippen LogP contribution is -2.15. The molecule has 0 spiro atoms. The zero-order valence-corrected chi connectivity index (χ0v) is 18.6. The predicted molar refractivity (Wildman–Crippen MR) is 110 cm³/mol. The fourth-order valence-electron chi connectivity index (χ4n) is 2.19. The summed E-state index contributed by atoms with van der Waals surface area (Å²) in [7, 11) is 1.38. The van der Waals surface area contributed by atoms with Crippen molar-refractivity contribution in [3.05, 3.63) is 55.4 Å². The molecular weight excluding hydrogens is 417 g/mol. The summed E-state index contributed by atoms with van der Waals surface area (Å²) in [5.41, 5.74) is 1.43. The Bertz CT molecular complexity index is 738. The summed E-state index contributed by atoms with van der Waals surface area (Å²) in [4.78, 5) is 13.7. The second-order valence-electron chi connectivity index (χ2n) is 6.55. The Labute approximate surface area is 168 Å². The molecule has 0 aliphatic heterocycles. The van der Waals surface area contributed by atoms with Gasteiger partial charge in [-0.15, -0.1) is 11.3 Å². The number of methoxy groups -OCH3 is 1. The third-order valence-electron chi connectivity index (χ3n) is 3.56. The van der Waals surface area contributed by atoms with Crippen LogP contribution in [0, 0.1) is 5.82 Å². The van der Waals surface area contributed by atoms with Crippen LogP contribution in [0.25, 0.3) is 0 Å². The van der Waals surface area contributed by atoms with Gasteiger partial charge in [-0.1, -0.05) is 56.6 Å². The first kappa shape index (κ1) is 22.8. The van der Waals surface area contributed by atoms with E-state index in [9.17, 15) is 9.18 Å². The number of thiophene rings is 1. The number of rotatable bonds is 5. The molecule has 0 fully saturated rings. The number of halogens is 2. The Balaban J connectivity index is 0.00000163. The summed E-state index contributed by atoms with van der Waals surface area (Å²) in [6.45, 7) is 11.2. The molecule has 0 unspecified atom stereocenters. The molecule has 0 saturated heterocycles. The van der Waals surface area contributed by atoms with Gasteiger partial charge in [0.15, 0.2) is 0 Å². The van der Waals surface area contributed by atoms with E-state index < -0.39 is 0 Å². The van der Waals surface area contributed by atoms with Crippen LogP contribution in [0.5, 0.6) is 0 Å². The molecule has 2 rings (SSSR count). The highest BCUT2D eigenvalue weighted by Gasteiger charge is 2.23. The number of nitrogens with one attached hydrogen (secondary N) is 1. The van der Waals surface area contributed by atoms with Gasteiger partial charge >= 0.3 is 5.97 Å². The lowest BCUT2D eigenvalue weighted by molar-refractivity contribution is 0.0605. The van der Waals surface area contributed by atoms with Gasteiger partial charge in [0.05, 0.1) is 7.11 Å². The summed E-state index contributed by atoms with van der Waals surface area (Å²) in [5.74, 6) is -0.590. The topological polar surface area (TPSA) is 38.3 Å². The van der Waals surface area contributed by atoms with Crippen LogP contribution in [0.3, 0.4) is 0 Å².